The van der Waals surface area contributed by atoms with Crippen molar-refractivity contribution in [3.63, 3.8) is 0 Å². The van der Waals surface area contributed by atoms with E-state index in [4.69, 9.17) is 10.00 Å². The lowest BCUT2D eigenvalue weighted by molar-refractivity contribution is 0.0984. The number of hydrogen-bond acceptors (Lipinski definition) is 4. The number of ether oxygens (including phenoxy) is 1. The molecule has 5 heteroatoms. The van der Waals surface area contributed by atoms with Crippen LogP contribution in [-0.4, -0.2) is 32.6 Å². The fourth-order valence-electron chi connectivity index (χ4n) is 1.24. The fourth-order valence-corrected chi connectivity index (χ4v) is 2.57. The maximum Gasteiger partial charge on any atom is 0.166 e. The third-order valence-corrected chi connectivity index (χ3v) is 3.96. The summed E-state index contributed by atoms with van der Waals surface area (Å²) < 4.78 is 27.6. The van der Waals surface area contributed by atoms with Gasteiger partial charge in [0.25, 0.3) is 0 Å². The fraction of sp³-hybridized carbons (Fsp3) is 0.857. The summed E-state index contributed by atoms with van der Waals surface area (Å²) in [7, 11) is -3.17. The van der Waals surface area contributed by atoms with E-state index in [0.29, 0.717) is 26.1 Å². The molecular weight excluding hydrogens is 178 g/mol. The quantitative estimate of drug-likeness (QED) is 0.618. The Kier molecular flexibility index (Phi) is 3.06. The highest BCUT2D eigenvalue weighted by molar-refractivity contribution is 7.92. The van der Waals surface area contributed by atoms with Crippen LogP contribution in [-0.2, 0) is 14.6 Å². The first-order chi connectivity index (χ1) is 5.67. The molecule has 4 nitrogen and oxygen atoms in total. The molecule has 68 valence electrons. The maximum absolute atomic E-state index is 11.3. The van der Waals surface area contributed by atoms with Gasteiger partial charge < -0.3 is 4.74 Å². The normalized spacial score (nSPS) is 20.2. The Morgan fingerprint density at radius 3 is 2.50 bits per heavy atom. The third-order valence-electron chi connectivity index (χ3n) is 1.94. The van der Waals surface area contributed by atoms with Gasteiger partial charge in [0, 0.05) is 13.2 Å². The number of nitrogens with zero attached hydrogens (tertiary/aromatic N) is 1. The predicted molar refractivity (Wildman–Crippen MR) is 43.2 cm³/mol. The highest BCUT2D eigenvalue weighted by Gasteiger charge is 2.26. The molecule has 12 heavy (non-hydrogen) atoms. The predicted octanol–water partition coefficient (Wildman–Crippen LogP) is 0.104. The zero-order valence-electron chi connectivity index (χ0n) is 6.69. The summed E-state index contributed by atoms with van der Waals surface area (Å²) in [5.41, 5.74) is 0. The average Bonchev–Trinajstić information content (AvgIpc) is 2.06. The monoisotopic (exact) mass is 189 g/mol. The van der Waals surface area contributed by atoms with Gasteiger partial charge in [-0.05, 0) is 12.8 Å². The van der Waals surface area contributed by atoms with Crippen molar-refractivity contribution in [2.24, 2.45) is 0 Å². The first-order valence-electron chi connectivity index (χ1n) is 3.83. The number of sulfone groups is 1. The van der Waals surface area contributed by atoms with Crippen LogP contribution in [0.3, 0.4) is 0 Å². The van der Waals surface area contributed by atoms with Crippen molar-refractivity contribution in [3.05, 3.63) is 0 Å². The van der Waals surface area contributed by atoms with Gasteiger partial charge in [-0.1, -0.05) is 0 Å². The van der Waals surface area contributed by atoms with Crippen LogP contribution in [0.4, 0.5) is 0 Å². The minimum atomic E-state index is -3.17. The largest absolute Gasteiger partial charge is 0.381 e. The summed E-state index contributed by atoms with van der Waals surface area (Å²) >= 11 is 0. The molecule has 0 aromatic heterocycles. The molecule has 0 saturated carbocycles. The lowest BCUT2D eigenvalue weighted by Gasteiger charge is -2.20. The second-order valence-corrected chi connectivity index (χ2v) is 5.06. The minimum absolute atomic E-state index is 0.356. The number of hydrogen-bond donors (Lipinski definition) is 0. The maximum atomic E-state index is 11.3. The molecule has 0 amide bonds. The molecule has 0 bridgehead atoms. The molecule has 0 aromatic rings. The first-order valence-corrected chi connectivity index (χ1v) is 5.54. The van der Waals surface area contributed by atoms with Crippen molar-refractivity contribution in [1.29, 1.82) is 5.26 Å². The Morgan fingerprint density at radius 1 is 1.42 bits per heavy atom. The number of nitriles is 1. The van der Waals surface area contributed by atoms with Gasteiger partial charge in [-0.25, -0.2) is 8.42 Å². The molecule has 0 aliphatic carbocycles. The van der Waals surface area contributed by atoms with E-state index in [0.717, 1.165) is 0 Å². The topological polar surface area (TPSA) is 67.2 Å². The molecule has 1 rings (SSSR count). The van der Waals surface area contributed by atoms with Crippen LogP contribution in [0, 0.1) is 11.3 Å². The summed E-state index contributed by atoms with van der Waals surface area (Å²) in [5.74, 6) is -0.363. The van der Waals surface area contributed by atoms with Crippen molar-refractivity contribution in [2.45, 2.75) is 18.1 Å². The van der Waals surface area contributed by atoms with Gasteiger partial charge >= 0.3 is 0 Å². The molecule has 0 N–H and O–H groups in total. The molecule has 0 atom stereocenters. The average molecular weight is 189 g/mol. The smallest absolute Gasteiger partial charge is 0.166 e. The van der Waals surface area contributed by atoms with Gasteiger partial charge in [-0.2, -0.15) is 5.26 Å². The molecule has 1 saturated heterocycles. The van der Waals surface area contributed by atoms with Crippen LogP contribution in [0.1, 0.15) is 12.8 Å². The number of rotatable bonds is 2. The molecule has 1 aliphatic heterocycles. The first kappa shape index (κ1) is 9.49. The van der Waals surface area contributed by atoms with Crippen LogP contribution in [0.25, 0.3) is 0 Å². The Balaban J connectivity index is 2.62. The van der Waals surface area contributed by atoms with Crippen molar-refractivity contribution in [2.75, 3.05) is 19.0 Å². The van der Waals surface area contributed by atoms with Gasteiger partial charge in [0.15, 0.2) is 9.84 Å². The van der Waals surface area contributed by atoms with Crippen molar-refractivity contribution in [3.8, 4) is 6.07 Å². The van der Waals surface area contributed by atoms with Crippen LogP contribution in [0.2, 0.25) is 0 Å². The summed E-state index contributed by atoms with van der Waals surface area (Å²) in [5, 5.41) is 7.92. The Bertz CT molecular complexity index is 272. The lowest BCUT2D eigenvalue weighted by Crippen LogP contribution is -2.30. The Hall–Kier alpha value is -0.600. The van der Waals surface area contributed by atoms with Gasteiger partial charge in [0.2, 0.25) is 0 Å². The molecule has 0 radical (unpaired) electrons. The Labute approximate surface area is 72.1 Å². The van der Waals surface area contributed by atoms with Crippen LogP contribution in [0.15, 0.2) is 0 Å². The van der Waals surface area contributed by atoms with Crippen molar-refractivity contribution >= 4 is 9.84 Å². The zero-order valence-corrected chi connectivity index (χ0v) is 7.51. The summed E-state index contributed by atoms with van der Waals surface area (Å²) in [4.78, 5) is 0. The van der Waals surface area contributed by atoms with Gasteiger partial charge in [-0.15, -0.1) is 0 Å². The molecule has 0 unspecified atom stereocenters. The zero-order chi connectivity index (χ0) is 9.03. The molecule has 0 spiro atoms. The third kappa shape index (κ3) is 2.19. The second kappa shape index (κ2) is 3.87. The van der Waals surface area contributed by atoms with E-state index in [1.165, 1.54) is 0 Å². The van der Waals surface area contributed by atoms with Crippen molar-refractivity contribution < 1.29 is 13.2 Å². The molecule has 0 aromatic carbocycles. The standard InChI is InChI=1S/C7H11NO3S/c8-3-6-12(9,10)7-1-4-11-5-2-7/h7H,1-2,4-6H2. The van der Waals surface area contributed by atoms with E-state index in [2.05, 4.69) is 0 Å². The van der Waals surface area contributed by atoms with Gasteiger partial charge in [-0.3, -0.25) is 0 Å². The minimum Gasteiger partial charge on any atom is -0.381 e. The summed E-state index contributed by atoms with van der Waals surface area (Å²) in [6.07, 6.45) is 1.06. The molecule has 1 fully saturated rings. The van der Waals surface area contributed by atoms with E-state index >= 15 is 0 Å². The molecule has 1 aliphatic rings. The lowest BCUT2D eigenvalue weighted by atomic mass is 10.2. The van der Waals surface area contributed by atoms with Crippen LogP contribution in [0.5, 0.6) is 0 Å². The highest BCUT2D eigenvalue weighted by Crippen LogP contribution is 2.15. The van der Waals surface area contributed by atoms with E-state index < -0.39 is 9.84 Å². The van der Waals surface area contributed by atoms with E-state index in [1.807, 2.05) is 0 Å². The SMILES string of the molecule is N#CCS(=O)(=O)C1CCOCC1. The summed E-state index contributed by atoms with van der Waals surface area (Å²) in [6, 6.07) is 1.68. The van der Waals surface area contributed by atoms with Gasteiger partial charge in [0.05, 0.1) is 11.3 Å². The second-order valence-electron chi connectivity index (χ2n) is 2.78. The molecule has 1 heterocycles. The van der Waals surface area contributed by atoms with E-state index in [-0.39, 0.29) is 11.0 Å². The van der Waals surface area contributed by atoms with Crippen LogP contribution >= 0.6 is 0 Å². The summed E-state index contributed by atoms with van der Waals surface area (Å²) in [6.45, 7) is 0.991. The molecular formula is C7H11NO3S. The van der Waals surface area contributed by atoms with Gasteiger partial charge in [0.1, 0.15) is 5.75 Å². The highest BCUT2D eigenvalue weighted by atomic mass is 32.2. The Morgan fingerprint density at radius 2 is 2.00 bits per heavy atom. The van der Waals surface area contributed by atoms with E-state index in [1.54, 1.807) is 6.07 Å². The van der Waals surface area contributed by atoms with E-state index in [9.17, 15) is 8.42 Å². The van der Waals surface area contributed by atoms with Crippen LogP contribution < -0.4 is 0 Å². The van der Waals surface area contributed by atoms with Crippen molar-refractivity contribution in [1.82, 2.24) is 0 Å².